The SMILES string of the molecule is CCC(CCC(C)CC1=CC(C(C)C)=CC(C)CC=C1)CC1CC=CC(CC(C)C(CC)C2=CC=C(C3C=CC=CC3C)CCC2)CC1. The summed E-state index contributed by atoms with van der Waals surface area (Å²) >= 11 is 0. The zero-order valence-corrected chi connectivity index (χ0v) is 32.6. The molecule has 266 valence electrons. The van der Waals surface area contributed by atoms with Crippen molar-refractivity contribution in [1.82, 2.24) is 0 Å². The Morgan fingerprint density at radius 2 is 1.62 bits per heavy atom. The maximum atomic E-state index is 2.63. The Bertz CT molecular complexity index is 1220. The minimum absolute atomic E-state index is 0.591. The minimum Gasteiger partial charge on any atom is -0.0880 e. The predicted molar refractivity (Wildman–Crippen MR) is 214 cm³/mol. The van der Waals surface area contributed by atoms with Gasteiger partial charge in [0.15, 0.2) is 0 Å². The van der Waals surface area contributed by atoms with Gasteiger partial charge in [-0.25, -0.2) is 0 Å². The molecular formula is C48H74. The van der Waals surface area contributed by atoms with Gasteiger partial charge >= 0.3 is 0 Å². The van der Waals surface area contributed by atoms with Gasteiger partial charge in [0.05, 0.1) is 0 Å². The molecule has 48 heavy (non-hydrogen) atoms. The Kier molecular flexibility index (Phi) is 16.1. The highest BCUT2D eigenvalue weighted by molar-refractivity contribution is 5.34. The van der Waals surface area contributed by atoms with E-state index in [4.69, 9.17) is 0 Å². The molecule has 0 bridgehead atoms. The fourth-order valence-electron chi connectivity index (χ4n) is 9.47. The van der Waals surface area contributed by atoms with Crippen molar-refractivity contribution in [3.63, 3.8) is 0 Å². The Morgan fingerprint density at radius 3 is 2.38 bits per heavy atom. The molecule has 4 rings (SSSR count). The van der Waals surface area contributed by atoms with Gasteiger partial charge in [0.1, 0.15) is 0 Å². The smallest absolute Gasteiger partial charge is 0.00433 e. The zero-order chi connectivity index (χ0) is 34.5. The number of rotatable bonds is 15. The Hall–Kier alpha value is -2.08. The van der Waals surface area contributed by atoms with Gasteiger partial charge in [-0.2, -0.15) is 0 Å². The van der Waals surface area contributed by atoms with Gasteiger partial charge in [0, 0.05) is 5.92 Å². The second-order valence-corrected chi connectivity index (χ2v) is 17.1. The van der Waals surface area contributed by atoms with Crippen LogP contribution in [0.1, 0.15) is 145 Å². The van der Waals surface area contributed by atoms with E-state index < -0.39 is 0 Å². The largest absolute Gasteiger partial charge is 0.0880 e. The predicted octanol–water partition coefficient (Wildman–Crippen LogP) is 14.8. The number of hydrogen-bond donors (Lipinski definition) is 0. The molecule has 0 N–H and O–H groups in total. The molecule has 4 aliphatic carbocycles. The standard InChI is InChI=1S/C48H74/c1-9-40(25-24-37(6)30-43-20-13-16-36(5)31-46(34-43)35(3)4)33-42-19-14-18-41(26-27-42)32-39(8)47(10-2)44-21-15-22-45(29-28-44)48-23-12-11-17-38(48)7/h11-14,17-18,20,23,28-29,31,34-42,47-48H,9-10,15-16,19,21-22,24-27,30,32-33H2,1-8H3. The molecule has 0 aromatic rings. The highest BCUT2D eigenvalue weighted by Crippen LogP contribution is 2.39. The highest BCUT2D eigenvalue weighted by atomic mass is 14.3. The third-order valence-corrected chi connectivity index (χ3v) is 12.6. The molecule has 4 aliphatic rings. The summed E-state index contributed by atoms with van der Waals surface area (Å²) in [4.78, 5) is 0. The van der Waals surface area contributed by atoms with Gasteiger partial charge < -0.3 is 0 Å². The lowest BCUT2D eigenvalue weighted by atomic mass is 9.77. The summed E-state index contributed by atoms with van der Waals surface area (Å²) in [5, 5.41) is 0. The van der Waals surface area contributed by atoms with Crippen LogP contribution in [0.2, 0.25) is 0 Å². The molecule has 0 amide bonds. The van der Waals surface area contributed by atoms with Gasteiger partial charge in [0.25, 0.3) is 0 Å². The molecule has 0 aromatic carbocycles. The molecule has 0 fully saturated rings. The van der Waals surface area contributed by atoms with Crippen LogP contribution in [-0.4, -0.2) is 0 Å². The molecule has 0 saturated heterocycles. The topological polar surface area (TPSA) is 0 Å². The lowest BCUT2D eigenvalue weighted by Gasteiger charge is -2.28. The summed E-state index contributed by atoms with van der Waals surface area (Å²) in [6, 6.07) is 0. The van der Waals surface area contributed by atoms with E-state index in [1.807, 2.05) is 0 Å². The third-order valence-electron chi connectivity index (χ3n) is 12.6. The summed E-state index contributed by atoms with van der Waals surface area (Å²) in [5.41, 5.74) is 6.46. The van der Waals surface area contributed by atoms with Crippen molar-refractivity contribution >= 4 is 0 Å². The van der Waals surface area contributed by atoms with Gasteiger partial charge in [-0.05, 0) is 135 Å². The Labute approximate surface area is 298 Å². The van der Waals surface area contributed by atoms with Gasteiger partial charge in [0.2, 0.25) is 0 Å². The van der Waals surface area contributed by atoms with Crippen LogP contribution >= 0.6 is 0 Å². The van der Waals surface area contributed by atoms with Crippen molar-refractivity contribution in [3.8, 4) is 0 Å². The first-order valence-electron chi connectivity index (χ1n) is 20.7. The highest BCUT2D eigenvalue weighted by Gasteiger charge is 2.26. The fourth-order valence-corrected chi connectivity index (χ4v) is 9.47. The molecule has 0 heteroatoms. The van der Waals surface area contributed by atoms with E-state index in [0.717, 1.165) is 35.5 Å². The molecule has 0 aromatic heterocycles. The van der Waals surface area contributed by atoms with Crippen LogP contribution < -0.4 is 0 Å². The molecular weight excluding hydrogens is 577 g/mol. The van der Waals surface area contributed by atoms with E-state index in [1.54, 1.807) is 16.7 Å². The summed E-state index contributed by atoms with van der Waals surface area (Å²) in [5.74, 6) is 7.20. The molecule has 0 spiro atoms. The zero-order valence-electron chi connectivity index (χ0n) is 32.6. The summed E-state index contributed by atoms with van der Waals surface area (Å²) in [7, 11) is 0. The van der Waals surface area contributed by atoms with Crippen LogP contribution in [-0.2, 0) is 0 Å². The average Bonchev–Trinajstić information content (AvgIpc) is 3.43. The fraction of sp³-hybridized carbons (Fsp3) is 0.667. The first-order chi connectivity index (χ1) is 23.2. The summed E-state index contributed by atoms with van der Waals surface area (Å²) < 4.78 is 0. The van der Waals surface area contributed by atoms with Gasteiger partial charge in [-0.3, -0.25) is 0 Å². The van der Waals surface area contributed by atoms with E-state index in [-0.39, 0.29) is 0 Å². The van der Waals surface area contributed by atoms with E-state index in [1.165, 1.54) is 95.5 Å². The Balaban J connectivity index is 1.24. The molecule has 0 nitrogen and oxygen atoms in total. The summed E-state index contributed by atoms with van der Waals surface area (Å²) in [6.45, 7) is 19.4. The molecule has 9 unspecified atom stereocenters. The summed E-state index contributed by atoms with van der Waals surface area (Å²) in [6.07, 6.45) is 48.0. The van der Waals surface area contributed by atoms with E-state index >= 15 is 0 Å². The maximum absolute atomic E-state index is 2.63. The van der Waals surface area contributed by atoms with Crippen LogP contribution in [0.15, 0.2) is 95.2 Å². The molecule has 0 aliphatic heterocycles. The van der Waals surface area contributed by atoms with E-state index in [0.29, 0.717) is 23.7 Å². The first kappa shape index (κ1) is 38.7. The maximum Gasteiger partial charge on any atom is 0.00433 e. The first-order valence-corrected chi connectivity index (χ1v) is 20.7. The van der Waals surface area contributed by atoms with Crippen LogP contribution in [0.3, 0.4) is 0 Å². The van der Waals surface area contributed by atoms with Crippen molar-refractivity contribution in [2.24, 2.45) is 59.2 Å². The van der Waals surface area contributed by atoms with E-state index in [9.17, 15) is 0 Å². The molecule has 0 radical (unpaired) electrons. The monoisotopic (exact) mass is 651 g/mol. The second-order valence-electron chi connectivity index (χ2n) is 17.1. The Morgan fingerprint density at radius 1 is 0.812 bits per heavy atom. The van der Waals surface area contributed by atoms with Crippen molar-refractivity contribution in [1.29, 1.82) is 0 Å². The number of allylic oxidation sites excluding steroid dienone is 16. The number of hydrogen-bond acceptors (Lipinski definition) is 0. The quantitative estimate of drug-likeness (QED) is 0.155. The van der Waals surface area contributed by atoms with Crippen molar-refractivity contribution in [2.45, 2.75) is 145 Å². The van der Waals surface area contributed by atoms with E-state index in [2.05, 4.69) is 128 Å². The third kappa shape index (κ3) is 12.1. The van der Waals surface area contributed by atoms with Gasteiger partial charge in [-0.15, -0.1) is 0 Å². The van der Waals surface area contributed by atoms with Crippen molar-refractivity contribution in [2.75, 3.05) is 0 Å². The van der Waals surface area contributed by atoms with Gasteiger partial charge in [-0.1, -0.05) is 159 Å². The average molecular weight is 651 g/mol. The lowest BCUT2D eigenvalue weighted by molar-refractivity contribution is 0.285. The van der Waals surface area contributed by atoms with Crippen LogP contribution in [0.5, 0.6) is 0 Å². The van der Waals surface area contributed by atoms with Crippen LogP contribution in [0, 0.1) is 59.2 Å². The molecule has 0 saturated carbocycles. The minimum atomic E-state index is 0.591. The van der Waals surface area contributed by atoms with Crippen molar-refractivity contribution in [3.05, 3.63) is 95.2 Å². The normalized spacial score (nSPS) is 29.1. The molecule has 0 heterocycles. The second kappa shape index (κ2) is 19.9. The lowest BCUT2D eigenvalue weighted by Crippen LogP contribution is -2.17. The van der Waals surface area contributed by atoms with Crippen molar-refractivity contribution < 1.29 is 0 Å². The van der Waals surface area contributed by atoms with Crippen LogP contribution in [0.4, 0.5) is 0 Å². The van der Waals surface area contributed by atoms with Crippen LogP contribution in [0.25, 0.3) is 0 Å². The molecule has 9 atom stereocenters.